The minimum absolute atomic E-state index is 0.0340. The molecule has 0 unspecified atom stereocenters. The highest BCUT2D eigenvalue weighted by molar-refractivity contribution is 6.00. The van der Waals surface area contributed by atoms with Crippen molar-refractivity contribution in [2.75, 3.05) is 88.3 Å². The summed E-state index contributed by atoms with van der Waals surface area (Å²) in [5.74, 6) is -10.4. The fraction of sp³-hybridized carbons (Fsp3) is 0.841. The molecule has 0 aromatic heterocycles. The molecular weight excluding hydrogens is 1260 g/mol. The molecule has 0 bridgehead atoms. The number of nitrogens with one attached hydrogen (secondary N) is 5. The van der Waals surface area contributed by atoms with Crippen LogP contribution in [0.15, 0.2) is 5.11 Å². The summed E-state index contributed by atoms with van der Waals surface area (Å²) >= 11 is 0. The monoisotopic (exact) mass is 1390 g/mol. The number of amides is 11. The number of aliphatic hydroxyl groups is 1. The maximum atomic E-state index is 15.2. The number of nitrogens with zero attached hydrogens (tertiary/aromatic N) is 10. The zero-order valence-corrected chi connectivity index (χ0v) is 63.2. The molecule has 11 amide bonds. The fourth-order valence-electron chi connectivity index (χ4n) is 12.6. The van der Waals surface area contributed by atoms with Gasteiger partial charge in [-0.15, -0.1) is 0 Å². The van der Waals surface area contributed by atoms with Crippen molar-refractivity contribution < 1.29 is 67.3 Å². The van der Waals surface area contributed by atoms with E-state index in [1.807, 2.05) is 41.5 Å². The quantitative estimate of drug-likeness (QED) is 0.0347. The Morgan fingerprint density at radius 1 is 0.520 bits per heavy atom. The van der Waals surface area contributed by atoms with Crippen molar-refractivity contribution in [1.29, 1.82) is 0 Å². The first-order valence-corrected chi connectivity index (χ1v) is 35.5. The lowest BCUT2D eigenvalue weighted by atomic mass is 9.91. The van der Waals surface area contributed by atoms with Gasteiger partial charge in [0.05, 0.1) is 25.4 Å². The van der Waals surface area contributed by atoms with Crippen molar-refractivity contribution in [3.8, 4) is 0 Å². The van der Waals surface area contributed by atoms with Crippen LogP contribution in [-0.2, 0) is 62.2 Å². The van der Waals surface area contributed by atoms with Gasteiger partial charge in [0, 0.05) is 73.4 Å². The van der Waals surface area contributed by atoms with Gasteiger partial charge in [0.1, 0.15) is 66.5 Å². The zero-order chi connectivity index (χ0) is 74.7. The number of unbranched alkanes of at least 4 members (excludes halogenated alkanes) is 3. The molecule has 2 saturated heterocycles. The normalized spacial score (nSPS) is 26.8. The van der Waals surface area contributed by atoms with Crippen molar-refractivity contribution >= 4 is 65.0 Å². The van der Waals surface area contributed by atoms with E-state index in [4.69, 9.17) is 15.0 Å². The molecule has 6 N–H and O–H groups in total. The van der Waals surface area contributed by atoms with Crippen LogP contribution in [0.1, 0.15) is 175 Å². The predicted molar refractivity (Wildman–Crippen MR) is 374 cm³/mol. The van der Waals surface area contributed by atoms with Gasteiger partial charge in [0.25, 0.3) is 0 Å². The molecule has 0 radical (unpaired) electrons. The van der Waals surface area contributed by atoms with Gasteiger partial charge in [-0.1, -0.05) is 101 Å². The number of rotatable bonds is 24. The van der Waals surface area contributed by atoms with E-state index >= 15 is 19.2 Å². The first-order valence-electron chi connectivity index (χ1n) is 35.5. The molecule has 560 valence electrons. The van der Waals surface area contributed by atoms with Crippen LogP contribution in [0.2, 0.25) is 0 Å². The Labute approximate surface area is 584 Å². The number of carbonyl (C=O) groups excluding carboxylic acids is 11. The number of hydrogen-bond acceptors (Lipinski definition) is 16. The van der Waals surface area contributed by atoms with E-state index in [-0.39, 0.29) is 56.6 Å². The molecule has 2 aliphatic rings. The highest BCUT2D eigenvalue weighted by Crippen LogP contribution is 2.25. The lowest BCUT2D eigenvalue weighted by Gasteiger charge is -2.40. The maximum Gasteiger partial charge on any atom is 0.246 e. The highest BCUT2D eigenvalue weighted by Gasteiger charge is 2.45. The molecule has 2 rings (SSSR count). The SMILES string of the molecule is CC[C@@H]1NC(=O)[C@H]([C@H](O)[C@H](C)CCCCCN=[N+]=[N-])NC(=O)[C@H](C(C)C)N(C)C(=O)[C@H](CC(C)C)N(C)C(=O)[C@H](CC(C)C)N(C)C(=O)[C@@H](C)NC(=O)[C@H](C)NC(=O)[C@H](CC(C)C)N(C)C(=O)[C@H](C(C)C)NC(=O)[C@H]([C@@H](C)OCCCCN2CCOCC2)N(C)C(=O)[C@@H](C)N(C)C1=O. The standard InChI is InChI=1S/C69H125N15O14/c1-23-50-66(93)78(17)48(15)65(92)83(22)57(49(16)98-34-28-27-31-84-32-35-97-36-33-84)63(90)75-54(43(8)9)69(96)79(18)51(37-40(2)3)60(87)72-46(13)59(86)73-47(14)64(91)80(19)52(38-41(4)5)67(94)81(20)53(39-42(6)7)68(95)82(21)56(44(10)11)62(89)76-55(61(88)74-50)58(85)45(12)29-25-24-26-30-71-77-70/h40-58,85H,23-39H2,1-22H3,(H,72,87)(H,73,86)(H,74,88)(H,75,90)(H,76,89)/t45-,46+,47-,48-,49-,50+,51+,52+,53+,54+,55+,56+,57+,58-/m1/s1. The fourth-order valence-corrected chi connectivity index (χ4v) is 12.6. The van der Waals surface area contributed by atoms with Crippen molar-refractivity contribution in [1.82, 2.24) is 60.9 Å². The Morgan fingerprint density at radius 2 is 1.02 bits per heavy atom. The maximum absolute atomic E-state index is 15.2. The third kappa shape index (κ3) is 26.1. The molecule has 2 fully saturated rings. The van der Waals surface area contributed by atoms with Crippen LogP contribution in [-0.4, -0.2) is 271 Å². The van der Waals surface area contributed by atoms with Gasteiger partial charge in [0.2, 0.25) is 65.0 Å². The molecule has 2 heterocycles. The average Bonchev–Trinajstić information content (AvgIpc) is 0.815. The summed E-state index contributed by atoms with van der Waals surface area (Å²) in [6, 6.07) is -14.4. The van der Waals surface area contributed by atoms with Crippen LogP contribution >= 0.6 is 0 Å². The Bertz CT molecular complexity index is 2670. The van der Waals surface area contributed by atoms with Gasteiger partial charge in [-0.3, -0.25) is 57.6 Å². The topological polar surface area (TPSA) is 358 Å². The van der Waals surface area contributed by atoms with Crippen LogP contribution < -0.4 is 26.6 Å². The third-order valence-corrected chi connectivity index (χ3v) is 18.9. The van der Waals surface area contributed by atoms with Gasteiger partial charge in [-0.05, 0) is 127 Å². The van der Waals surface area contributed by atoms with Crippen LogP contribution in [0.5, 0.6) is 0 Å². The first kappa shape index (κ1) is 87.4. The van der Waals surface area contributed by atoms with E-state index < -0.39 is 161 Å². The minimum atomic E-state index is -1.73. The molecule has 2 aliphatic heterocycles. The molecule has 0 aromatic rings. The number of azide groups is 1. The third-order valence-electron chi connectivity index (χ3n) is 18.9. The van der Waals surface area contributed by atoms with E-state index in [2.05, 4.69) is 41.5 Å². The minimum Gasteiger partial charge on any atom is -0.390 e. The number of likely N-dealkylation sites (N-methyl/N-ethyl adjacent to an activating group) is 6. The Morgan fingerprint density at radius 3 is 1.55 bits per heavy atom. The van der Waals surface area contributed by atoms with Crippen LogP contribution in [0.25, 0.3) is 10.4 Å². The molecule has 29 heteroatoms. The molecule has 14 atom stereocenters. The van der Waals surface area contributed by atoms with E-state index in [9.17, 15) is 38.7 Å². The van der Waals surface area contributed by atoms with Crippen molar-refractivity contribution in [3.05, 3.63) is 10.4 Å². The summed E-state index contributed by atoms with van der Waals surface area (Å²) in [6.07, 6.45) is 1.22. The first-order chi connectivity index (χ1) is 45.8. The van der Waals surface area contributed by atoms with E-state index in [0.717, 1.165) is 35.9 Å². The van der Waals surface area contributed by atoms with E-state index in [0.29, 0.717) is 45.3 Å². The Hall–Kier alpha value is -6.68. The number of hydrogen-bond donors (Lipinski definition) is 6. The van der Waals surface area contributed by atoms with Gasteiger partial charge in [-0.25, -0.2) is 0 Å². The van der Waals surface area contributed by atoms with Crippen molar-refractivity contribution in [2.24, 2.45) is 40.6 Å². The number of ether oxygens (including phenoxy) is 2. The van der Waals surface area contributed by atoms with Crippen molar-refractivity contribution in [2.45, 2.75) is 254 Å². The number of carbonyl (C=O) groups is 11. The zero-order valence-electron chi connectivity index (χ0n) is 63.2. The molecular formula is C69H125N15O14. The number of morpholine rings is 1. The number of aliphatic hydroxyl groups excluding tert-OH is 1. The molecule has 0 aromatic carbocycles. The molecule has 0 aliphatic carbocycles. The average molecular weight is 1390 g/mol. The summed E-state index contributed by atoms with van der Waals surface area (Å²) in [4.78, 5) is 175. The second-order valence-corrected chi connectivity index (χ2v) is 29.1. The Kier molecular flexibility index (Phi) is 37.8. The Balaban J connectivity index is 2.99. The lowest BCUT2D eigenvalue weighted by molar-refractivity contribution is -0.154. The predicted octanol–water partition coefficient (Wildman–Crippen LogP) is 3.69. The molecule has 0 saturated carbocycles. The van der Waals surface area contributed by atoms with Gasteiger partial charge >= 0.3 is 0 Å². The lowest BCUT2D eigenvalue weighted by Crippen LogP contribution is -2.64. The highest BCUT2D eigenvalue weighted by atomic mass is 16.5. The summed E-state index contributed by atoms with van der Waals surface area (Å²) in [7, 11) is 8.47. The van der Waals surface area contributed by atoms with Gasteiger partial charge in [-0.2, -0.15) is 0 Å². The smallest absolute Gasteiger partial charge is 0.246 e. The molecule has 29 nitrogen and oxygen atoms in total. The van der Waals surface area contributed by atoms with Gasteiger partial charge in [0.15, 0.2) is 0 Å². The summed E-state index contributed by atoms with van der Waals surface area (Å²) in [6.45, 7) is 31.4. The van der Waals surface area contributed by atoms with Crippen LogP contribution in [0.3, 0.4) is 0 Å². The summed E-state index contributed by atoms with van der Waals surface area (Å²) in [5.41, 5.74) is 8.80. The second-order valence-electron chi connectivity index (χ2n) is 29.1. The summed E-state index contributed by atoms with van der Waals surface area (Å²) in [5, 5.41) is 29.6. The molecule has 0 spiro atoms. The van der Waals surface area contributed by atoms with E-state index in [1.54, 1.807) is 48.5 Å². The summed E-state index contributed by atoms with van der Waals surface area (Å²) < 4.78 is 11.9. The second kappa shape index (κ2) is 42.4. The van der Waals surface area contributed by atoms with Gasteiger partial charge < -0.3 is 70.6 Å². The largest absolute Gasteiger partial charge is 0.390 e. The van der Waals surface area contributed by atoms with Crippen LogP contribution in [0.4, 0.5) is 0 Å². The van der Waals surface area contributed by atoms with Crippen LogP contribution in [0, 0.1) is 35.5 Å². The molecule has 98 heavy (non-hydrogen) atoms. The van der Waals surface area contributed by atoms with Crippen molar-refractivity contribution in [3.63, 3.8) is 0 Å². The van der Waals surface area contributed by atoms with E-state index in [1.165, 1.54) is 82.7 Å².